The molecule has 0 radical (unpaired) electrons. The molecule has 5 N–H and O–H groups in total. The number of rotatable bonds is 3. The van der Waals surface area contributed by atoms with Gasteiger partial charge < -0.3 is 25.5 Å². The fourth-order valence-corrected chi connectivity index (χ4v) is 5.38. The quantitative estimate of drug-likeness (QED) is 0.206. The van der Waals surface area contributed by atoms with Gasteiger partial charge in [0, 0.05) is 27.5 Å². The second-order valence-corrected chi connectivity index (χ2v) is 9.93. The van der Waals surface area contributed by atoms with E-state index in [0.29, 0.717) is 32.8 Å². The van der Waals surface area contributed by atoms with Crippen LogP contribution in [0.5, 0.6) is 28.7 Å². The molecule has 5 heteroatoms. The molecule has 5 nitrogen and oxygen atoms in total. The normalized spacial score (nSPS) is 11.9. The minimum Gasteiger partial charge on any atom is -0.508 e. The number of aryl methyl sites for hydroxylation is 2. The lowest BCUT2D eigenvalue weighted by molar-refractivity contribution is 0.398. The monoisotopic (exact) mass is 460 g/mol. The number of phenols is 5. The van der Waals surface area contributed by atoms with Crippen LogP contribution in [0.15, 0.2) is 24.3 Å². The first-order chi connectivity index (χ1) is 15.9. The van der Waals surface area contributed by atoms with Crippen molar-refractivity contribution in [3.8, 4) is 39.9 Å². The lowest BCUT2D eigenvalue weighted by atomic mass is 9.84. The highest BCUT2D eigenvalue weighted by Crippen LogP contribution is 2.51. The van der Waals surface area contributed by atoms with Crippen LogP contribution < -0.4 is 0 Å². The second-order valence-electron chi connectivity index (χ2n) is 9.93. The molecule has 0 saturated carbocycles. The summed E-state index contributed by atoms with van der Waals surface area (Å²) >= 11 is 0. The summed E-state index contributed by atoms with van der Waals surface area (Å²) in [4.78, 5) is 0. The maximum absolute atomic E-state index is 11.5. The summed E-state index contributed by atoms with van der Waals surface area (Å²) in [7, 11) is 0. The first-order valence-electron chi connectivity index (χ1n) is 11.6. The third-order valence-corrected chi connectivity index (χ3v) is 6.91. The van der Waals surface area contributed by atoms with E-state index in [2.05, 4.69) is 13.8 Å². The Labute approximate surface area is 199 Å². The van der Waals surface area contributed by atoms with Gasteiger partial charge >= 0.3 is 0 Å². The number of benzene rings is 4. The highest BCUT2D eigenvalue weighted by molar-refractivity contribution is 6.05. The molecule has 34 heavy (non-hydrogen) atoms. The van der Waals surface area contributed by atoms with Crippen molar-refractivity contribution in [2.24, 2.45) is 0 Å². The van der Waals surface area contributed by atoms with Crippen LogP contribution in [0.4, 0.5) is 0 Å². The molecule has 0 aromatic heterocycles. The Kier molecular flexibility index (Phi) is 5.55. The van der Waals surface area contributed by atoms with Crippen molar-refractivity contribution >= 4 is 21.5 Å². The average Bonchev–Trinajstić information content (AvgIpc) is 2.73. The van der Waals surface area contributed by atoms with Gasteiger partial charge in [-0.15, -0.1) is 0 Å². The molecule has 0 unspecified atom stereocenters. The Hall–Kier alpha value is -3.60. The molecule has 0 aliphatic rings. The third kappa shape index (κ3) is 3.30. The average molecular weight is 461 g/mol. The number of hydrogen-bond donors (Lipinski definition) is 5. The maximum atomic E-state index is 11.5. The van der Waals surface area contributed by atoms with Crippen LogP contribution in [0.1, 0.15) is 67.3 Å². The Morgan fingerprint density at radius 2 is 0.912 bits per heavy atom. The molecule has 4 aromatic carbocycles. The lowest BCUT2D eigenvalue weighted by Crippen LogP contribution is -1.98. The highest BCUT2D eigenvalue weighted by Gasteiger charge is 2.25. The van der Waals surface area contributed by atoms with Gasteiger partial charge in [-0.25, -0.2) is 0 Å². The molecule has 4 aromatic rings. The van der Waals surface area contributed by atoms with Crippen LogP contribution in [0, 0.1) is 20.8 Å². The molecule has 0 bridgehead atoms. The Morgan fingerprint density at radius 3 is 1.35 bits per heavy atom. The fourth-order valence-electron chi connectivity index (χ4n) is 5.38. The molecule has 0 heterocycles. The Morgan fingerprint density at radius 1 is 0.500 bits per heavy atom. The van der Waals surface area contributed by atoms with Gasteiger partial charge in [-0.1, -0.05) is 39.8 Å². The zero-order valence-electron chi connectivity index (χ0n) is 20.7. The van der Waals surface area contributed by atoms with E-state index in [1.54, 1.807) is 6.07 Å². The van der Waals surface area contributed by atoms with Crippen LogP contribution in [0.3, 0.4) is 0 Å². The van der Waals surface area contributed by atoms with E-state index in [1.807, 2.05) is 46.8 Å². The van der Waals surface area contributed by atoms with Gasteiger partial charge in [-0.2, -0.15) is 0 Å². The largest absolute Gasteiger partial charge is 0.508 e. The van der Waals surface area contributed by atoms with Gasteiger partial charge in [0.1, 0.15) is 17.2 Å². The molecule has 0 aliphatic carbocycles. The van der Waals surface area contributed by atoms with Crippen LogP contribution in [0.2, 0.25) is 0 Å². The number of fused-ring (bicyclic) bond motifs is 2. The first-order valence-corrected chi connectivity index (χ1v) is 11.6. The predicted molar refractivity (Wildman–Crippen MR) is 138 cm³/mol. The van der Waals surface area contributed by atoms with Crippen molar-refractivity contribution in [3.63, 3.8) is 0 Å². The van der Waals surface area contributed by atoms with Crippen molar-refractivity contribution < 1.29 is 25.5 Å². The van der Waals surface area contributed by atoms with Crippen molar-refractivity contribution in [2.45, 2.75) is 60.3 Å². The van der Waals surface area contributed by atoms with Gasteiger partial charge in [0.15, 0.2) is 11.5 Å². The summed E-state index contributed by atoms with van der Waals surface area (Å²) in [6.45, 7) is 13.5. The fraction of sp³-hybridized carbons (Fsp3) is 0.310. The van der Waals surface area contributed by atoms with Crippen molar-refractivity contribution in [1.29, 1.82) is 0 Å². The minimum atomic E-state index is -0.303. The topological polar surface area (TPSA) is 101 Å². The first kappa shape index (κ1) is 23.6. The van der Waals surface area contributed by atoms with E-state index in [9.17, 15) is 25.5 Å². The molecule has 4 rings (SSSR count). The number of aromatic hydroxyl groups is 5. The van der Waals surface area contributed by atoms with Gasteiger partial charge in [-0.3, -0.25) is 0 Å². The highest BCUT2D eigenvalue weighted by atomic mass is 16.3. The molecule has 0 amide bonds. The third-order valence-electron chi connectivity index (χ3n) is 6.91. The number of phenolic OH excluding ortho intramolecular Hbond substituents is 5. The summed E-state index contributed by atoms with van der Waals surface area (Å²) in [5.41, 5.74) is 4.74. The summed E-state index contributed by atoms with van der Waals surface area (Å²) in [5.74, 6) is -0.422. The zero-order valence-corrected chi connectivity index (χ0v) is 20.7. The zero-order chi connectivity index (χ0) is 25.2. The molecular formula is C29H32O5. The summed E-state index contributed by atoms with van der Waals surface area (Å²) in [6.07, 6.45) is 0. The molecule has 0 atom stereocenters. The predicted octanol–water partition coefficient (Wildman–Crippen LogP) is 7.36. The summed E-state index contributed by atoms with van der Waals surface area (Å²) in [5, 5.41) is 56.7. The van der Waals surface area contributed by atoms with Gasteiger partial charge in [0.2, 0.25) is 0 Å². The molecule has 178 valence electrons. The lowest BCUT2D eigenvalue weighted by Gasteiger charge is -2.22. The maximum Gasteiger partial charge on any atom is 0.161 e. The molecule has 0 saturated heterocycles. The molecule has 0 spiro atoms. The SMILES string of the molecule is Cc1cc2c(C(C)C)c(C)c(O)cc2c(O)c1-c1c(C)cc2c(C(C)C)c(O)c(O)cc2c1O. The van der Waals surface area contributed by atoms with Crippen molar-refractivity contribution in [3.05, 3.63) is 52.1 Å². The van der Waals surface area contributed by atoms with E-state index in [0.717, 1.165) is 27.6 Å². The van der Waals surface area contributed by atoms with Crippen LogP contribution in [-0.4, -0.2) is 25.5 Å². The van der Waals surface area contributed by atoms with Crippen molar-refractivity contribution in [1.82, 2.24) is 0 Å². The van der Waals surface area contributed by atoms with E-state index in [-0.39, 0.29) is 40.6 Å². The molecule has 0 aliphatic heterocycles. The van der Waals surface area contributed by atoms with E-state index < -0.39 is 0 Å². The van der Waals surface area contributed by atoms with Crippen LogP contribution in [0.25, 0.3) is 32.7 Å². The minimum absolute atomic E-state index is 0.0166. The smallest absolute Gasteiger partial charge is 0.161 e. The van der Waals surface area contributed by atoms with Crippen molar-refractivity contribution in [2.75, 3.05) is 0 Å². The van der Waals surface area contributed by atoms with E-state index >= 15 is 0 Å². The van der Waals surface area contributed by atoms with E-state index in [4.69, 9.17) is 0 Å². The Balaban J connectivity index is 2.15. The molecular weight excluding hydrogens is 428 g/mol. The molecule has 0 fully saturated rings. The number of hydrogen-bond acceptors (Lipinski definition) is 5. The Bertz CT molecular complexity index is 1370. The standard InChI is InChI=1S/C29H32O5/c1-12(2)23-16(7)21(30)10-19-17(23)8-14(5)25(27(19)32)26-15(6)9-18-20(28(26)33)11-22(31)29(34)24(18)13(3)4/h8-13,30-34H,1-7H3. The van der Waals surface area contributed by atoms with Gasteiger partial charge in [0.25, 0.3) is 0 Å². The summed E-state index contributed by atoms with van der Waals surface area (Å²) < 4.78 is 0. The van der Waals surface area contributed by atoms with Crippen LogP contribution in [-0.2, 0) is 0 Å². The van der Waals surface area contributed by atoms with E-state index in [1.165, 1.54) is 6.07 Å². The van der Waals surface area contributed by atoms with Gasteiger partial charge in [0.05, 0.1) is 0 Å². The second kappa shape index (κ2) is 8.01. The van der Waals surface area contributed by atoms with Gasteiger partial charge in [-0.05, 0) is 77.8 Å². The summed E-state index contributed by atoms with van der Waals surface area (Å²) in [6, 6.07) is 6.79. The van der Waals surface area contributed by atoms with Crippen LogP contribution >= 0.6 is 0 Å².